The number of nitrogens with zero attached hydrogens (tertiary/aromatic N) is 1. The summed E-state index contributed by atoms with van der Waals surface area (Å²) in [4.78, 5) is 0. The zero-order chi connectivity index (χ0) is 11.5. The topological polar surface area (TPSA) is 35.8 Å². The third kappa shape index (κ3) is 11.1. The van der Waals surface area contributed by atoms with Crippen molar-refractivity contribution in [2.75, 3.05) is 6.54 Å². The van der Waals surface area contributed by atoms with Gasteiger partial charge in [-0.05, 0) is 53.0 Å². The predicted octanol–water partition coefficient (Wildman–Crippen LogP) is 3.40. The highest BCUT2D eigenvalue weighted by molar-refractivity contribution is 4.93. The van der Waals surface area contributed by atoms with Crippen LogP contribution in [0.15, 0.2) is 11.6 Å². The quantitative estimate of drug-likeness (QED) is 0.490. The molecule has 0 heterocycles. The van der Waals surface area contributed by atoms with Crippen LogP contribution in [0.1, 0.15) is 52.9 Å². The molecule has 0 saturated carbocycles. The molecule has 0 amide bonds. The van der Waals surface area contributed by atoms with Crippen LogP contribution in [0.25, 0.3) is 0 Å². The fraction of sp³-hybridized carbons (Fsp3) is 0.769. The van der Waals surface area contributed by atoms with Crippen LogP contribution in [0, 0.1) is 11.3 Å². The van der Waals surface area contributed by atoms with Gasteiger partial charge in [0.15, 0.2) is 0 Å². The average Bonchev–Trinajstić information content (AvgIpc) is 2.17. The van der Waals surface area contributed by atoms with E-state index in [1.165, 1.54) is 12.0 Å². The zero-order valence-electron chi connectivity index (χ0n) is 10.3. The normalized spacial score (nSPS) is 11.9. The van der Waals surface area contributed by atoms with Crippen LogP contribution in [0.5, 0.6) is 0 Å². The van der Waals surface area contributed by atoms with E-state index in [-0.39, 0.29) is 0 Å². The molecule has 0 aromatic heterocycles. The van der Waals surface area contributed by atoms with Crippen LogP contribution in [0.3, 0.4) is 0 Å². The molecule has 2 heteroatoms. The molecular weight excluding hydrogens is 184 g/mol. The zero-order valence-corrected chi connectivity index (χ0v) is 10.3. The second-order valence-corrected chi connectivity index (χ2v) is 4.33. The van der Waals surface area contributed by atoms with Gasteiger partial charge in [0.1, 0.15) is 0 Å². The number of nitrogens with one attached hydrogen (secondary N) is 1. The fourth-order valence-electron chi connectivity index (χ4n) is 1.40. The van der Waals surface area contributed by atoms with Crippen molar-refractivity contribution in [2.24, 2.45) is 0 Å². The van der Waals surface area contributed by atoms with Crippen molar-refractivity contribution < 1.29 is 0 Å². The maximum Gasteiger partial charge on any atom is 0.0621 e. The van der Waals surface area contributed by atoms with Crippen molar-refractivity contribution >= 4 is 0 Å². The lowest BCUT2D eigenvalue weighted by atomic mass is 10.1. The van der Waals surface area contributed by atoms with Crippen molar-refractivity contribution in [3.8, 4) is 6.07 Å². The van der Waals surface area contributed by atoms with Gasteiger partial charge in [0, 0.05) is 12.5 Å². The first kappa shape index (κ1) is 14.2. The second kappa shape index (κ2) is 9.73. The van der Waals surface area contributed by atoms with Crippen LogP contribution < -0.4 is 5.32 Å². The minimum absolute atomic E-state index is 0.586. The van der Waals surface area contributed by atoms with Gasteiger partial charge in [0.25, 0.3) is 0 Å². The molecule has 0 rings (SSSR count). The van der Waals surface area contributed by atoms with Gasteiger partial charge in [0.2, 0.25) is 0 Å². The first-order valence-corrected chi connectivity index (χ1v) is 5.90. The van der Waals surface area contributed by atoms with Gasteiger partial charge in [-0.15, -0.1) is 0 Å². The third-order valence-corrected chi connectivity index (χ3v) is 2.36. The summed E-state index contributed by atoms with van der Waals surface area (Å²) in [5.74, 6) is 0. The Morgan fingerprint density at radius 1 is 1.40 bits per heavy atom. The molecule has 1 N–H and O–H groups in total. The highest BCUT2D eigenvalue weighted by atomic mass is 14.9. The predicted molar refractivity (Wildman–Crippen MR) is 65.6 cm³/mol. The minimum Gasteiger partial charge on any atom is -0.314 e. The van der Waals surface area contributed by atoms with E-state index in [0.29, 0.717) is 12.5 Å². The number of hydrogen-bond acceptors (Lipinski definition) is 2. The van der Waals surface area contributed by atoms with Gasteiger partial charge < -0.3 is 5.32 Å². The van der Waals surface area contributed by atoms with Crippen molar-refractivity contribution in [1.82, 2.24) is 5.32 Å². The lowest BCUT2D eigenvalue weighted by Gasteiger charge is -2.12. The molecule has 0 aromatic rings. The first-order valence-electron chi connectivity index (χ1n) is 5.90. The van der Waals surface area contributed by atoms with Crippen LogP contribution in [-0.4, -0.2) is 12.6 Å². The molecule has 0 aromatic carbocycles. The van der Waals surface area contributed by atoms with Crippen LogP contribution >= 0.6 is 0 Å². The van der Waals surface area contributed by atoms with E-state index < -0.39 is 0 Å². The number of hydrogen-bond donors (Lipinski definition) is 1. The van der Waals surface area contributed by atoms with E-state index in [9.17, 15) is 0 Å². The Hall–Kier alpha value is -0.810. The SMILES string of the molecule is CC(C)=CCCC(C)NCCCCC#N. The summed E-state index contributed by atoms with van der Waals surface area (Å²) in [6.45, 7) is 7.54. The molecule has 0 spiro atoms. The Balaban J connectivity index is 3.30. The standard InChI is InChI=1S/C13H24N2/c1-12(2)8-7-9-13(3)15-11-6-4-5-10-14/h8,13,15H,4-7,9,11H2,1-3H3. The van der Waals surface area contributed by atoms with E-state index in [1.807, 2.05) is 0 Å². The molecule has 0 aliphatic heterocycles. The highest BCUT2D eigenvalue weighted by Gasteiger charge is 1.98. The Morgan fingerprint density at radius 2 is 2.13 bits per heavy atom. The molecule has 1 atom stereocenters. The maximum absolute atomic E-state index is 8.37. The molecule has 0 bridgehead atoms. The number of unbranched alkanes of at least 4 members (excludes halogenated alkanes) is 2. The molecule has 0 radical (unpaired) electrons. The van der Waals surface area contributed by atoms with Crippen molar-refractivity contribution in [1.29, 1.82) is 5.26 Å². The maximum atomic E-state index is 8.37. The summed E-state index contributed by atoms with van der Waals surface area (Å²) in [6.07, 6.45) is 7.46. The van der Waals surface area contributed by atoms with Crippen molar-refractivity contribution in [2.45, 2.75) is 58.9 Å². The number of rotatable bonds is 8. The Bertz CT molecular complexity index is 209. The smallest absolute Gasteiger partial charge is 0.0621 e. The van der Waals surface area contributed by atoms with Crippen molar-refractivity contribution in [3.63, 3.8) is 0 Å². The van der Waals surface area contributed by atoms with Crippen LogP contribution in [0.2, 0.25) is 0 Å². The van der Waals surface area contributed by atoms with Gasteiger partial charge in [-0.3, -0.25) is 0 Å². The molecule has 0 aliphatic carbocycles. The van der Waals surface area contributed by atoms with E-state index in [0.717, 1.165) is 25.8 Å². The van der Waals surface area contributed by atoms with Crippen LogP contribution in [-0.2, 0) is 0 Å². The minimum atomic E-state index is 0.586. The van der Waals surface area contributed by atoms with Gasteiger partial charge in [0.05, 0.1) is 6.07 Å². The van der Waals surface area contributed by atoms with E-state index in [1.54, 1.807) is 0 Å². The lowest BCUT2D eigenvalue weighted by molar-refractivity contribution is 0.504. The lowest BCUT2D eigenvalue weighted by Crippen LogP contribution is -2.26. The van der Waals surface area contributed by atoms with E-state index >= 15 is 0 Å². The van der Waals surface area contributed by atoms with Gasteiger partial charge in [-0.1, -0.05) is 11.6 Å². The number of nitriles is 1. The highest BCUT2D eigenvalue weighted by Crippen LogP contribution is 2.01. The fourth-order valence-corrected chi connectivity index (χ4v) is 1.40. The van der Waals surface area contributed by atoms with Gasteiger partial charge in [-0.25, -0.2) is 0 Å². The Kier molecular flexibility index (Phi) is 9.21. The molecule has 0 aliphatic rings. The van der Waals surface area contributed by atoms with Crippen LogP contribution in [0.4, 0.5) is 0 Å². The molecule has 86 valence electrons. The summed E-state index contributed by atoms with van der Waals surface area (Å²) in [7, 11) is 0. The summed E-state index contributed by atoms with van der Waals surface area (Å²) in [5, 5.41) is 11.8. The van der Waals surface area contributed by atoms with Crippen molar-refractivity contribution in [3.05, 3.63) is 11.6 Å². The number of allylic oxidation sites excluding steroid dienone is 2. The average molecular weight is 208 g/mol. The first-order chi connectivity index (χ1) is 7.16. The molecular formula is C13H24N2. The second-order valence-electron chi connectivity index (χ2n) is 4.33. The third-order valence-electron chi connectivity index (χ3n) is 2.36. The molecule has 1 unspecified atom stereocenters. The molecule has 15 heavy (non-hydrogen) atoms. The molecule has 0 fully saturated rings. The Morgan fingerprint density at radius 3 is 2.73 bits per heavy atom. The van der Waals surface area contributed by atoms with E-state index in [2.05, 4.69) is 38.2 Å². The van der Waals surface area contributed by atoms with Gasteiger partial charge >= 0.3 is 0 Å². The monoisotopic (exact) mass is 208 g/mol. The largest absolute Gasteiger partial charge is 0.314 e. The summed E-state index contributed by atoms with van der Waals surface area (Å²) in [6, 6.07) is 2.75. The molecule has 0 saturated heterocycles. The van der Waals surface area contributed by atoms with Gasteiger partial charge in [-0.2, -0.15) is 5.26 Å². The summed E-state index contributed by atoms with van der Waals surface area (Å²) in [5.41, 5.74) is 1.40. The summed E-state index contributed by atoms with van der Waals surface area (Å²) < 4.78 is 0. The Labute approximate surface area is 94.4 Å². The molecule has 2 nitrogen and oxygen atoms in total. The van der Waals surface area contributed by atoms with E-state index in [4.69, 9.17) is 5.26 Å². The summed E-state index contributed by atoms with van der Waals surface area (Å²) >= 11 is 0.